The van der Waals surface area contributed by atoms with E-state index in [4.69, 9.17) is 16.6 Å². The molecule has 0 aliphatic carbocycles. The van der Waals surface area contributed by atoms with E-state index in [0.29, 0.717) is 47.9 Å². The first-order chi connectivity index (χ1) is 15.6. The lowest BCUT2D eigenvalue weighted by atomic mass is 10.0. The van der Waals surface area contributed by atoms with Gasteiger partial charge < -0.3 is 9.80 Å². The fraction of sp³-hybridized carbons (Fsp3) is 0.160. The summed E-state index contributed by atoms with van der Waals surface area (Å²) in [5.74, 6) is -0.0649. The standard InChI is InChI=1S/C25H20ClN3O2S/c26-20-7-4-8-21-22(20)27-25(32-21)29-15-13-28(14-16-29)24(31)19-11-9-18(10-12-19)23(30)17-5-2-1-3-6-17/h1-12H,13-16H2. The van der Waals surface area contributed by atoms with Crippen molar-refractivity contribution >= 4 is 50.0 Å². The van der Waals surface area contributed by atoms with Crippen LogP contribution in [0.1, 0.15) is 26.3 Å². The molecule has 0 atom stereocenters. The predicted molar refractivity (Wildman–Crippen MR) is 129 cm³/mol. The van der Waals surface area contributed by atoms with Crippen LogP contribution < -0.4 is 4.90 Å². The van der Waals surface area contributed by atoms with Crippen LogP contribution >= 0.6 is 22.9 Å². The first-order valence-corrected chi connectivity index (χ1v) is 11.6. The van der Waals surface area contributed by atoms with Crippen LogP contribution in [0.5, 0.6) is 0 Å². The topological polar surface area (TPSA) is 53.5 Å². The second kappa shape index (κ2) is 8.73. The molecule has 4 aromatic rings. The van der Waals surface area contributed by atoms with Gasteiger partial charge in [-0.2, -0.15) is 0 Å². The van der Waals surface area contributed by atoms with Gasteiger partial charge in [0.15, 0.2) is 10.9 Å². The smallest absolute Gasteiger partial charge is 0.253 e. The third kappa shape index (κ3) is 3.99. The molecule has 0 spiro atoms. The molecule has 160 valence electrons. The number of hydrogen-bond acceptors (Lipinski definition) is 5. The quantitative estimate of drug-likeness (QED) is 0.395. The van der Waals surface area contributed by atoms with Crippen LogP contribution in [0.2, 0.25) is 5.02 Å². The first-order valence-electron chi connectivity index (χ1n) is 10.4. The summed E-state index contributed by atoms with van der Waals surface area (Å²) >= 11 is 7.88. The Bertz CT molecular complexity index is 1280. The Hall–Kier alpha value is -3.22. The minimum atomic E-state index is -0.0471. The number of halogens is 1. The third-order valence-electron chi connectivity index (χ3n) is 5.63. The third-order valence-corrected chi connectivity index (χ3v) is 7.01. The molecule has 5 rings (SSSR count). The lowest BCUT2D eigenvalue weighted by Crippen LogP contribution is -2.48. The van der Waals surface area contributed by atoms with Crippen LogP contribution in [0.3, 0.4) is 0 Å². The summed E-state index contributed by atoms with van der Waals surface area (Å²) in [4.78, 5) is 34.3. The number of fused-ring (bicyclic) bond motifs is 1. The van der Waals surface area contributed by atoms with Gasteiger partial charge in [-0.3, -0.25) is 9.59 Å². The maximum Gasteiger partial charge on any atom is 0.253 e. The SMILES string of the molecule is O=C(c1ccccc1)c1ccc(C(=O)N2CCN(c3nc4c(Cl)cccc4s3)CC2)cc1. The van der Waals surface area contributed by atoms with Gasteiger partial charge in [-0.05, 0) is 24.3 Å². The van der Waals surface area contributed by atoms with Crippen molar-refractivity contribution in [1.29, 1.82) is 0 Å². The van der Waals surface area contributed by atoms with Crippen LogP contribution in [0.15, 0.2) is 72.8 Å². The van der Waals surface area contributed by atoms with Crippen molar-refractivity contribution in [1.82, 2.24) is 9.88 Å². The Balaban J connectivity index is 1.24. The van der Waals surface area contributed by atoms with Crippen LogP contribution in [0, 0.1) is 0 Å². The normalized spacial score (nSPS) is 14.0. The summed E-state index contributed by atoms with van der Waals surface area (Å²) in [5.41, 5.74) is 2.64. The van der Waals surface area contributed by atoms with Gasteiger partial charge >= 0.3 is 0 Å². The minimum Gasteiger partial charge on any atom is -0.345 e. The van der Waals surface area contributed by atoms with Crippen LogP contribution in [-0.2, 0) is 0 Å². The van der Waals surface area contributed by atoms with E-state index in [1.807, 2.05) is 41.3 Å². The van der Waals surface area contributed by atoms with Crippen molar-refractivity contribution in [3.05, 3.63) is 94.5 Å². The fourth-order valence-electron chi connectivity index (χ4n) is 3.84. The number of thiazole rings is 1. The molecule has 32 heavy (non-hydrogen) atoms. The monoisotopic (exact) mass is 461 g/mol. The van der Waals surface area contributed by atoms with Gasteiger partial charge in [-0.25, -0.2) is 4.98 Å². The summed E-state index contributed by atoms with van der Waals surface area (Å²) < 4.78 is 1.07. The Labute approximate surface area is 194 Å². The zero-order chi connectivity index (χ0) is 22.1. The number of benzene rings is 3. The molecule has 1 fully saturated rings. The van der Waals surface area contributed by atoms with E-state index >= 15 is 0 Å². The number of amides is 1. The molecule has 1 aliphatic heterocycles. The average Bonchev–Trinajstić information content (AvgIpc) is 3.30. The van der Waals surface area contributed by atoms with Gasteiger partial charge in [0.25, 0.3) is 5.91 Å². The first kappa shape index (κ1) is 20.7. The van der Waals surface area contributed by atoms with Gasteiger partial charge in [0.2, 0.25) is 0 Å². The van der Waals surface area contributed by atoms with E-state index in [1.165, 1.54) is 0 Å². The highest BCUT2D eigenvalue weighted by Crippen LogP contribution is 2.33. The van der Waals surface area contributed by atoms with E-state index in [0.717, 1.165) is 15.3 Å². The Morgan fingerprint density at radius 1 is 0.781 bits per heavy atom. The van der Waals surface area contributed by atoms with Crippen molar-refractivity contribution in [3.63, 3.8) is 0 Å². The summed E-state index contributed by atoms with van der Waals surface area (Å²) in [6, 6.07) is 21.9. The van der Waals surface area contributed by atoms with Gasteiger partial charge in [0.05, 0.1) is 9.72 Å². The lowest BCUT2D eigenvalue weighted by molar-refractivity contribution is 0.0746. The molecule has 1 aromatic heterocycles. The van der Waals surface area contributed by atoms with Crippen LogP contribution in [0.25, 0.3) is 10.2 Å². The molecular formula is C25H20ClN3O2S. The van der Waals surface area contributed by atoms with E-state index in [2.05, 4.69) is 4.90 Å². The van der Waals surface area contributed by atoms with E-state index < -0.39 is 0 Å². The van der Waals surface area contributed by atoms with Crippen molar-refractivity contribution in [2.24, 2.45) is 0 Å². The molecule has 0 radical (unpaired) electrons. The van der Waals surface area contributed by atoms with E-state index in [9.17, 15) is 9.59 Å². The van der Waals surface area contributed by atoms with Gasteiger partial charge in [-0.1, -0.05) is 71.5 Å². The van der Waals surface area contributed by atoms with Crippen molar-refractivity contribution in [2.75, 3.05) is 31.1 Å². The molecule has 1 aliphatic rings. The number of ketones is 1. The number of piperazine rings is 1. The Kier molecular flexibility index (Phi) is 5.64. The van der Waals surface area contributed by atoms with Crippen LogP contribution in [-0.4, -0.2) is 47.8 Å². The van der Waals surface area contributed by atoms with Crippen LogP contribution in [0.4, 0.5) is 5.13 Å². The zero-order valence-electron chi connectivity index (χ0n) is 17.2. The summed E-state index contributed by atoms with van der Waals surface area (Å²) in [6.07, 6.45) is 0. The Morgan fingerprint density at radius 2 is 1.44 bits per heavy atom. The highest BCUT2D eigenvalue weighted by atomic mass is 35.5. The van der Waals surface area contributed by atoms with E-state index in [-0.39, 0.29) is 11.7 Å². The van der Waals surface area contributed by atoms with E-state index in [1.54, 1.807) is 47.7 Å². The maximum absolute atomic E-state index is 13.0. The van der Waals surface area contributed by atoms with Crippen molar-refractivity contribution in [2.45, 2.75) is 0 Å². The lowest BCUT2D eigenvalue weighted by Gasteiger charge is -2.34. The molecular weight excluding hydrogens is 442 g/mol. The number of para-hydroxylation sites is 1. The predicted octanol–water partition coefficient (Wildman–Crippen LogP) is 5.14. The number of hydrogen-bond donors (Lipinski definition) is 0. The largest absolute Gasteiger partial charge is 0.345 e. The molecule has 0 unspecified atom stereocenters. The highest BCUT2D eigenvalue weighted by molar-refractivity contribution is 7.22. The van der Waals surface area contributed by atoms with Gasteiger partial charge in [0.1, 0.15) is 5.52 Å². The van der Waals surface area contributed by atoms with Gasteiger partial charge in [0, 0.05) is 42.9 Å². The summed E-state index contributed by atoms with van der Waals surface area (Å²) in [5, 5.41) is 1.59. The number of aromatic nitrogens is 1. The summed E-state index contributed by atoms with van der Waals surface area (Å²) in [7, 11) is 0. The van der Waals surface area contributed by atoms with Crippen molar-refractivity contribution < 1.29 is 9.59 Å². The molecule has 7 heteroatoms. The molecule has 1 saturated heterocycles. The summed E-state index contributed by atoms with van der Waals surface area (Å²) in [6.45, 7) is 2.67. The average molecular weight is 462 g/mol. The van der Waals surface area contributed by atoms with Gasteiger partial charge in [-0.15, -0.1) is 0 Å². The molecule has 0 saturated carbocycles. The molecule has 2 heterocycles. The number of carbonyl (C=O) groups excluding carboxylic acids is 2. The molecule has 3 aromatic carbocycles. The number of anilines is 1. The Morgan fingerprint density at radius 3 is 2.12 bits per heavy atom. The molecule has 0 N–H and O–H groups in total. The highest BCUT2D eigenvalue weighted by Gasteiger charge is 2.24. The minimum absolute atomic E-state index is 0.0179. The second-order valence-electron chi connectivity index (χ2n) is 7.63. The number of carbonyl (C=O) groups is 2. The number of rotatable bonds is 4. The molecule has 5 nitrogen and oxygen atoms in total. The second-order valence-corrected chi connectivity index (χ2v) is 9.05. The van der Waals surface area contributed by atoms with Crippen molar-refractivity contribution in [3.8, 4) is 0 Å². The molecule has 0 bridgehead atoms. The number of nitrogens with zero attached hydrogens (tertiary/aromatic N) is 3. The molecule has 1 amide bonds. The fourth-order valence-corrected chi connectivity index (χ4v) is 5.16. The maximum atomic E-state index is 13.0. The zero-order valence-corrected chi connectivity index (χ0v) is 18.8.